The van der Waals surface area contributed by atoms with Crippen LogP contribution < -0.4 is 26.6 Å². The van der Waals surface area contributed by atoms with Gasteiger partial charge in [0.1, 0.15) is 6.17 Å². The molecule has 0 aromatic carbocycles. The van der Waals surface area contributed by atoms with Crippen molar-refractivity contribution < 1.29 is 14.2 Å². The van der Waals surface area contributed by atoms with Crippen LogP contribution >= 0.6 is 0 Å². The van der Waals surface area contributed by atoms with Crippen molar-refractivity contribution in [2.45, 2.75) is 89.2 Å². The predicted molar refractivity (Wildman–Crippen MR) is 115 cm³/mol. The number of aliphatic hydroxyl groups is 1. The Morgan fingerprint density at radius 1 is 1.28 bits per heavy atom. The molecule has 0 aliphatic carbocycles. The molecule has 2 heterocycles. The number of halogens is 1. The van der Waals surface area contributed by atoms with Gasteiger partial charge in [0.25, 0.3) is 0 Å². The van der Waals surface area contributed by atoms with Crippen LogP contribution in [0.4, 0.5) is 4.39 Å². The van der Waals surface area contributed by atoms with E-state index in [9.17, 15) is 4.39 Å². The van der Waals surface area contributed by atoms with Gasteiger partial charge in [0, 0.05) is 51.7 Å². The standard InChI is InChI=1S/C21H42FN5O2/c1-4-17(22)7-6-15(2)16(3)25-19-12-18(29-11-5-10-28)13-20(26-19)27-21-14-23-8-9-24-21/h16-21,23-28H,2,4-14H2,1,3H3/t16-,17+,18?,19?,20?,21-/m0/s1. The smallest absolute Gasteiger partial charge is 0.100 e. The number of hydrogen-bond donors (Lipinski definition) is 6. The van der Waals surface area contributed by atoms with Crippen molar-refractivity contribution in [2.24, 2.45) is 0 Å². The summed E-state index contributed by atoms with van der Waals surface area (Å²) in [7, 11) is 0. The topological polar surface area (TPSA) is 89.6 Å². The Bertz CT molecular complexity index is 464. The van der Waals surface area contributed by atoms with Crippen molar-refractivity contribution in [1.82, 2.24) is 26.6 Å². The molecule has 2 saturated heterocycles. The number of aliphatic hydroxyl groups excluding tert-OH is 1. The first-order chi connectivity index (χ1) is 14.0. The van der Waals surface area contributed by atoms with Gasteiger partial charge in [-0.1, -0.05) is 19.1 Å². The number of rotatable bonds is 13. The normalized spacial score (nSPS) is 30.1. The molecular weight excluding hydrogens is 373 g/mol. The Morgan fingerprint density at radius 3 is 2.76 bits per heavy atom. The van der Waals surface area contributed by atoms with Gasteiger partial charge in [-0.05, 0) is 32.6 Å². The highest BCUT2D eigenvalue weighted by Gasteiger charge is 2.31. The highest BCUT2D eigenvalue weighted by molar-refractivity contribution is 5.05. The molecule has 8 heteroatoms. The first-order valence-corrected chi connectivity index (χ1v) is 11.3. The van der Waals surface area contributed by atoms with E-state index in [1.54, 1.807) is 0 Å². The Kier molecular flexibility index (Phi) is 11.6. The monoisotopic (exact) mass is 415 g/mol. The van der Waals surface area contributed by atoms with Gasteiger partial charge in [-0.25, -0.2) is 4.39 Å². The van der Waals surface area contributed by atoms with E-state index in [1.165, 1.54) is 0 Å². The lowest BCUT2D eigenvalue weighted by atomic mass is 9.99. The summed E-state index contributed by atoms with van der Waals surface area (Å²) in [5, 5.41) is 26.8. The van der Waals surface area contributed by atoms with Crippen LogP contribution in [0.5, 0.6) is 0 Å². The fourth-order valence-electron chi connectivity index (χ4n) is 3.88. The second-order valence-electron chi connectivity index (χ2n) is 8.28. The first kappa shape index (κ1) is 24.7. The molecule has 0 aromatic heterocycles. The number of ether oxygens (including phenoxy) is 1. The molecule has 0 aromatic rings. The fraction of sp³-hybridized carbons (Fsp3) is 0.905. The SMILES string of the molecule is C=C(CC[C@H](F)CC)[C@H](C)NC1CC(OCCCO)CC(N[C@H]2CNCCN2)N1. The maximum absolute atomic E-state index is 13.6. The fourth-order valence-corrected chi connectivity index (χ4v) is 3.88. The van der Waals surface area contributed by atoms with Gasteiger partial charge < -0.3 is 15.2 Å². The van der Waals surface area contributed by atoms with E-state index in [4.69, 9.17) is 9.84 Å². The lowest BCUT2D eigenvalue weighted by Crippen LogP contribution is -2.66. The van der Waals surface area contributed by atoms with E-state index in [2.05, 4.69) is 40.1 Å². The summed E-state index contributed by atoms with van der Waals surface area (Å²) < 4.78 is 19.6. The van der Waals surface area contributed by atoms with Crippen LogP contribution in [-0.2, 0) is 4.74 Å². The van der Waals surface area contributed by atoms with Gasteiger partial charge in [0.2, 0.25) is 0 Å². The highest BCUT2D eigenvalue weighted by Crippen LogP contribution is 2.18. The summed E-state index contributed by atoms with van der Waals surface area (Å²) in [6.45, 7) is 11.7. The zero-order valence-electron chi connectivity index (χ0n) is 18.2. The number of nitrogens with one attached hydrogen (secondary N) is 5. The van der Waals surface area contributed by atoms with Gasteiger partial charge in [0.05, 0.1) is 24.6 Å². The third-order valence-electron chi connectivity index (χ3n) is 5.78. The van der Waals surface area contributed by atoms with Gasteiger partial charge in [-0.2, -0.15) is 0 Å². The Hall–Kier alpha value is -0.610. The summed E-state index contributed by atoms with van der Waals surface area (Å²) >= 11 is 0. The molecule has 3 unspecified atom stereocenters. The summed E-state index contributed by atoms with van der Waals surface area (Å²) in [6, 6.07) is 0.0999. The summed E-state index contributed by atoms with van der Waals surface area (Å²) in [5.74, 6) is 0. The first-order valence-electron chi connectivity index (χ1n) is 11.3. The van der Waals surface area contributed by atoms with Crippen LogP contribution in [0, 0.1) is 0 Å². The van der Waals surface area contributed by atoms with E-state index < -0.39 is 6.17 Å². The minimum Gasteiger partial charge on any atom is -0.396 e. The number of piperazine rings is 1. The molecule has 0 amide bonds. The van der Waals surface area contributed by atoms with Gasteiger partial charge in [-0.15, -0.1) is 0 Å². The second kappa shape index (κ2) is 13.6. The Morgan fingerprint density at radius 2 is 2.07 bits per heavy atom. The van der Waals surface area contributed by atoms with Crippen molar-refractivity contribution in [3.8, 4) is 0 Å². The zero-order chi connectivity index (χ0) is 21.1. The van der Waals surface area contributed by atoms with Crippen LogP contribution in [0.15, 0.2) is 12.2 Å². The van der Waals surface area contributed by atoms with Gasteiger partial charge >= 0.3 is 0 Å². The van der Waals surface area contributed by atoms with Gasteiger partial charge in [-0.3, -0.25) is 21.3 Å². The third kappa shape index (κ3) is 9.38. The molecule has 0 bridgehead atoms. The van der Waals surface area contributed by atoms with Crippen molar-refractivity contribution in [2.75, 3.05) is 32.8 Å². The van der Waals surface area contributed by atoms with Crippen LogP contribution in [-0.4, -0.2) is 74.8 Å². The van der Waals surface area contributed by atoms with Crippen molar-refractivity contribution in [3.05, 3.63) is 12.2 Å². The average Bonchev–Trinajstić information content (AvgIpc) is 2.72. The quantitative estimate of drug-likeness (QED) is 0.197. The molecule has 6 N–H and O–H groups in total. The molecule has 2 aliphatic heterocycles. The molecular formula is C21H42FN5O2. The Labute approximate surface area is 175 Å². The molecule has 0 spiro atoms. The van der Waals surface area contributed by atoms with E-state index in [0.717, 1.165) is 38.0 Å². The molecule has 2 fully saturated rings. The maximum atomic E-state index is 13.6. The van der Waals surface area contributed by atoms with E-state index in [-0.39, 0.29) is 37.3 Å². The molecule has 0 radical (unpaired) electrons. The summed E-state index contributed by atoms with van der Waals surface area (Å²) in [6.07, 6.45) is 3.96. The zero-order valence-corrected chi connectivity index (χ0v) is 18.2. The largest absolute Gasteiger partial charge is 0.396 e. The number of piperidine rings is 1. The van der Waals surface area contributed by atoms with E-state index in [1.807, 2.05) is 6.92 Å². The molecule has 7 nitrogen and oxygen atoms in total. The van der Waals surface area contributed by atoms with E-state index in [0.29, 0.717) is 32.3 Å². The molecule has 6 atom stereocenters. The van der Waals surface area contributed by atoms with Gasteiger partial charge in [0.15, 0.2) is 0 Å². The molecule has 0 saturated carbocycles. The Balaban J connectivity index is 1.86. The number of hydrogen-bond acceptors (Lipinski definition) is 7. The molecule has 2 rings (SSSR count). The van der Waals surface area contributed by atoms with Crippen LogP contribution in [0.1, 0.15) is 52.4 Å². The van der Waals surface area contributed by atoms with Crippen LogP contribution in [0.3, 0.4) is 0 Å². The average molecular weight is 416 g/mol. The van der Waals surface area contributed by atoms with E-state index >= 15 is 0 Å². The molecule has 2 aliphatic rings. The van der Waals surface area contributed by atoms with Crippen LogP contribution in [0.25, 0.3) is 0 Å². The molecule has 29 heavy (non-hydrogen) atoms. The minimum atomic E-state index is -0.749. The summed E-state index contributed by atoms with van der Waals surface area (Å²) in [4.78, 5) is 0. The second-order valence-corrected chi connectivity index (χ2v) is 8.28. The third-order valence-corrected chi connectivity index (χ3v) is 5.78. The number of alkyl halides is 1. The maximum Gasteiger partial charge on any atom is 0.100 e. The van der Waals surface area contributed by atoms with Crippen molar-refractivity contribution in [1.29, 1.82) is 0 Å². The lowest BCUT2D eigenvalue weighted by Gasteiger charge is -2.40. The highest BCUT2D eigenvalue weighted by atomic mass is 19.1. The molecule has 170 valence electrons. The predicted octanol–water partition coefficient (Wildman–Crippen LogP) is 0.961. The lowest BCUT2D eigenvalue weighted by molar-refractivity contribution is -0.00716. The van der Waals surface area contributed by atoms with Crippen LogP contribution in [0.2, 0.25) is 0 Å². The van der Waals surface area contributed by atoms with Crippen molar-refractivity contribution >= 4 is 0 Å². The van der Waals surface area contributed by atoms with Crippen molar-refractivity contribution in [3.63, 3.8) is 0 Å². The minimum absolute atomic E-state index is 0.0797. The summed E-state index contributed by atoms with van der Waals surface area (Å²) in [5.41, 5.74) is 1.04.